The molecule has 1 aliphatic rings. The molecule has 10 heteroatoms. The number of nitrogens with zero attached hydrogens (tertiary/aromatic N) is 1. The van der Waals surface area contributed by atoms with Crippen LogP contribution in [0.15, 0.2) is 42.5 Å². The SMILES string of the molecule is CNC(CNC(=O)c1cc(C(OCCN(C)C(=O)O)c2cccc(Cl)c2)ccc1F)C[C@H]1CCCOC1. The number of nitrogens with one attached hydrogen (secondary N) is 2. The van der Waals surface area contributed by atoms with Gasteiger partial charge >= 0.3 is 6.09 Å². The Balaban J connectivity index is 1.74. The molecule has 8 nitrogen and oxygen atoms in total. The van der Waals surface area contributed by atoms with Crippen molar-refractivity contribution < 1.29 is 28.6 Å². The Morgan fingerprint density at radius 2 is 2.05 bits per heavy atom. The summed E-state index contributed by atoms with van der Waals surface area (Å²) in [5.41, 5.74) is 1.16. The summed E-state index contributed by atoms with van der Waals surface area (Å²) in [6.07, 6.45) is 1.24. The van der Waals surface area contributed by atoms with Gasteiger partial charge in [0.25, 0.3) is 5.91 Å². The van der Waals surface area contributed by atoms with Gasteiger partial charge in [-0.15, -0.1) is 0 Å². The van der Waals surface area contributed by atoms with E-state index in [2.05, 4.69) is 10.6 Å². The summed E-state index contributed by atoms with van der Waals surface area (Å²) < 4.78 is 26.3. The Morgan fingerprint density at radius 1 is 1.27 bits per heavy atom. The number of halogens is 2. The van der Waals surface area contributed by atoms with Gasteiger partial charge in [-0.25, -0.2) is 9.18 Å². The van der Waals surface area contributed by atoms with Gasteiger partial charge in [0.1, 0.15) is 11.9 Å². The summed E-state index contributed by atoms with van der Waals surface area (Å²) in [6, 6.07) is 11.3. The molecule has 0 radical (unpaired) electrons. The number of benzene rings is 2. The van der Waals surface area contributed by atoms with Crippen molar-refractivity contribution in [1.29, 1.82) is 0 Å². The van der Waals surface area contributed by atoms with E-state index in [0.29, 0.717) is 28.6 Å². The highest BCUT2D eigenvalue weighted by Gasteiger charge is 2.22. The maximum absolute atomic E-state index is 14.7. The Kier molecular flexibility index (Phi) is 11.1. The molecule has 2 amide bonds. The van der Waals surface area contributed by atoms with Crippen LogP contribution in [0.3, 0.4) is 0 Å². The molecule has 202 valence electrons. The van der Waals surface area contributed by atoms with Crippen LogP contribution >= 0.6 is 11.6 Å². The number of ether oxygens (including phenoxy) is 2. The zero-order valence-corrected chi connectivity index (χ0v) is 22.0. The van der Waals surface area contributed by atoms with Crippen LogP contribution in [0.25, 0.3) is 0 Å². The van der Waals surface area contributed by atoms with Gasteiger partial charge in [-0.1, -0.05) is 29.8 Å². The minimum absolute atomic E-state index is 0.0376. The van der Waals surface area contributed by atoms with Gasteiger partial charge in [0.2, 0.25) is 0 Å². The van der Waals surface area contributed by atoms with Crippen molar-refractivity contribution in [1.82, 2.24) is 15.5 Å². The lowest BCUT2D eigenvalue weighted by atomic mass is 9.94. The van der Waals surface area contributed by atoms with E-state index in [0.717, 1.165) is 37.4 Å². The van der Waals surface area contributed by atoms with Gasteiger partial charge in [0.05, 0.1) is 12.2 Å². The standard InChI is InChI=1S/C27H35ClFN3O5/c1-30-22(13-18-5-4-11-36-17-18)16-31-26(33)23-15-20(8-9-24(23)29)25(19-6-3-7-21(28)14-19)37-12-10-32(2)27(34)35/h3,6-9,14-15,18,22,25,30H,4-5,10-13,16-17H2,1-2H3,(H,31,33)(H,34,35)/t18-,22?,25?/m1/s1. The molecule has 3 rings (SSSR count). The summed E-state index contributed by atoms with van der Waals surface area (Å²) >= 11 is 6.18. The predicted octanol–water partition coefficient (Wildman–Crippen LogP) is 4.33. The maximum atomic E-state index is 14.7. The number of rotatable bonds is 12. The fourth-order valence-corrected chi connectivity index (χ4v) is 4.55. The van der Waals surface area contributed by atoms with E-state index in [1.54, 1.807) is 24.3 Å². The first kappa shape index (κ1) is 28.8. The fraction of sp³-hybridized carbons (Fsp3) is 0.481. The predicted molar refractivity (Wildman–Crippen MR) is 140 cm³/mol. The third kappa shape index (κ3) is 8.67. The van der Waals surface area contributed by atoms with Crippen molar-refractivity contribution in [3.63, 3.8) is 0 Å². The highest BCUT2D eigenvalue weighted by Crippen LogP contribution is 2.29. The molecule has 3 atom stereocenters. The van der Waals surface area contributed by atoms with Crippen LogP contribution in [0.2, 0.25) is 5.02 Å². The number of amides is 2. The first-order valence-corrected chi connectivity index (χ1v) is 12.8. The molecule has 0 aliphatic carbocycles. The fourth-order valence-electron chi connectivity index (χ4n) is 4.35. The number of carbonyl (C=O) groups excluding carboxylic acids is 1. The van der Waals surface area contributed by atoms with Crippen LogP contribution < -0.4 is 10.6 Å². The van der Waals surface area contributed by atoms with E-state index in [-0.39, 0.29) is 24.8 Å². The van der Waals surface area contributed by atoms with Crippen LogP contribution in [-0.2, 0) is 9.47 Å². The Hall–Kier alpha value is -2.72. The summed E-state index contributed by atoms with van der Waals surface area (Å²) in [5, 5.41) is 15.7. The molecule has 2 unspecified atom stereocenters. The van der Waals surface area contributed by atoms with E-state index >= 15 is 0 Å². The molecule has 3 N–H and O–H groups in total. The minimum atomic E-state index is -1.07. The number of carbonyl (C=O) groups is 2. The number of hydrogen-bond donors (Lipinski definition) is 3. The average molecular weight is 536 g/mol. The second-order valence-electron chi connectivity index (χ2n) is 9.26. The molecule has 2 aromatic carbocycles. The molecule has 0 aromatic heterocycles. The Morgan fingerprint density at radius 3 is 2.73 bits per heavy atom. The van der Waals surface area contributed by atoms with Crippen LogP contribution in [0.1, 0.15) is 46.9 Å². The molecule has 1 fully saturated rings. The molecule has 1 heterocycles. The first-order valence-electron chi connectivity index (χ1n) is 12.4. The molecule has 1 aliphatic heterocycles. The minimum Gasteiger partial charge on any atom is -0.465 e. The van der Waals surface area contributed by atoms with Crippen molar-refractivity contribution in [2.45, 2.75) is 31.4 Å². The van der Waals surface area contributed by atoms with Crippen LogP contribution in [-0.4, -0.2) is 75.1 Å². The van der Waals surface area contributed by atoms with Gasteiger partial charge < -0.3 is 30.1 Å². The quantitative estimate of drug-likeness (QED) is 0.374. The third-order valence-corrected chi connectivity index (χ3v) is 6.75. The zero-order valence-electron chi connectivity index (χ0n) is 21.2. The van der Waals surface area contributed by atoms with E-state index < -0.39 is 23.9 Å². The highest BCUT2D eigenvalue weighted by molar-refractivity contribution is 6.30. The normalized spacial score (nSPS) is 17.1. The van der Waals surface area contributed by atoms with Crippen LogP contribution in [0.4, 0.5) is 9.18 Å². The summed E-state index contributed by atoms with van der Waals surface area (Å²) in [7, 11) is 3.29. The lowest BCUT2D eigenvalue weighted by Gasteiger charge is -2.26. The highest BCUT2D eigenvalue weighted by atomic mass is 35.5. The van der Waals surface area contributed by atoms with Gasteiger partial charge in [-0.3, -0.25) is 4.79 Å². The van der Waals surface area contributed by atoms with Crippen molar-refractivity contribution in [2.75, 3.05) is 47.0 Å². The van der Waals surface area contributed by atoms with Crippen LogP contribution in [0.5, 0.6) is 0 Å². The summed E-state index contributed by atoms with van der Waals surface area (Å²) in [6.45, 7) is 2.09. The summed E-state index contributed by atoms with van der Waals surface area (Å²) in [4.78, 5) is 25.2. The lowest BCUT2D eigenvalue weighted by Crippen LogP contribution is -2.41. The average Bonchev–Trinajstić information content (AvgIpc) is 2.89. The van der Waals surface area contributed by atoms with E-state index in [1.807, 2.05) is 13.1 Å². The molecule has 2 aromatic rings. The van der Waals surface area contributed by atoms with Crippen molar-refractivity contribution in [3.05, 3.63) is 70.0 Å². The third-order valence-electron chi connectivity index (χ3n) is 6.52. The Labute approximate surface area is 222 Å². The number of carboxylic acid groups (broad SMARTS) is 1. The van der Waals surface area contributed by atoms with E-state index in [1.165, 1.54) is 19.2 Å². The van der Waals surface area contributed by atoms with Crippen LogP contribution in [0, 0.1) is 11.7 Å². The zero-order chi connectivity index (χ0) is 26.8. The van der Waals surface area contributed by atoms with Crippen molar-refractivity contribution in [3.8, 4) is 0 Å². The van der Waals surface area contributed by atoms with Gasteiger partial charge in [0, 0.05) is 44.4 Å². The smallest absolute Gasteiger partial charge is 0.407 e. The topological polar surface area (TPSA) is 100 Å². The molecular formula is C27H35ClFN3O5. The number of likely N-dealkylation sites (N-methyl/N-ethyl adjacent to an activating group) is 2. The molecule has 0 bridgehead atoms. The largest absolute Gasteiger partial charge is 0.465 e. The van der Waals surface area contributed by atoms with E-state index in [9.17, 15) is 14.0 Å². The molecule has 1 saturated heterocycles. The van der Waals surface area contributed by atoms with Crippen molar-refractivity contribution >= 4 is 23.6 Å². The molecule has 0 saturated carbocycles. The molecular weight excluding hydrogens is 501 g/mol. The molecule has 37 heavy (non-hydrogen) atoms. The molecule has 0 spiro atoms. The van der Waals surface area contributed by atoms with Gasteiger partial charge in [-0.2, -0.15) is 0 Å². The first-order chi connectivity index (χ1) is 17.8. The lowest BCUT2D eigenvalue weighted by molar-refractivity contribution is 0.0478. The van der Waals surface area contributed by atoms with E-state index in [4.69, 9.17) is 26.2 Å². The maximum Gasteiger partial charge on any atom is 0.407 e. The second-order valence-corrected chi connectivity index (χ2v) is 9.70. The summed E-state index contributed by atoms with van der Waals surface area (Å²) in [5.74, 6) is -0.729. The monoisotopic (exact) mass is 535 g/mol. The van der Waals surface area contributed by atoms with Gasteiger partial charge in [0.15, 0.2) is 0 Å². The van der Waals surface area contributed by atoms with Gasteiger partial charge in [-0.05, 0) is 67.6 Å². The van der Waals surface area contributed by atoms with Crippen molar-refractivity contribution in [2.24, 2.45) is 5.92 Å². The Bertz CT molecular complexity index is 1050. The number of hydrogen-bond acceptors (Lipinski definition) is 5. The second kappa shape index (κ2) is 14.3.